The van der Waals surface area contributed by atoms with Crippen molar-refractivity contribution in [3.8, 4) is 0 Å². The number of allylic oxidation sites excluding steroid dienone is 3. The molecule has 0 aromatic heterocycles. The van der Waals surface area contributed by atoms with E-state index < -0.39 is 0 Å². The summed E-state index contributed by atoms with van der Waals surface area (Å²) in [6.07, 6.45) is 5.78. The molecule has 1 aromatic carbocycles. The number of aliphatic hydroxyl groups excluding tert-OH is 1. The minimum absolute atomic E-state index is 0.252. The summed E-state index contributed by atoms with van der Waals surface area (Å²) in [5.41, 5.74) is 2.16. The smallest absolute Gasteiger partial charge is 0.0433 e. The quantitative estimate of drug-likeness (QED) is 0.556. The molecule has 0 unspecified atom stereocenters. The highest BCUT2D eigenvalue weighted by atomic mass is 16.2. The average Bonchev–Trinajstić information content (AvgIpc) is 2.25. The second-order valence-electron chi connectivity index (χ2n) is 3.16. The van der Waals surface area contributed by atoms with E-state index in [2.05, 4.69) is 6.58 Å². The zero-order chi connectivity index (χ0) is 10.2. The van der Waals surface area contributed by atoms with Gasteiger partial charge in [-0.1, -0.05) is 49.1 Å². The maximum Gasteiger partial charge on any atom is 0.0433 e. The van der Waals surface area contributed by atoms with Crippen LogP contribution in [0.3, 0.4) is 0 Å². The van der Waals surface area contributed by atoms with Gasteiger partial charge in [0.05, 0.1) is 0 Å². The zero-order valence-electron chi connectivity index (χ0n) is 8.32. The van der Waals surface area contributed by atoms with Crippen molar-refractivity contribution < 1.29 is 5.11 Å². The Bertz CT molecular complexity index is 298. The summed E-state index contributed by atoms with van der Waals surface area (Å²) in [4.78, 5) is 0. The maximum atomic E-state index is 8.59. The van der Waals surface area contributed by atoms with Crippen molar-refractivity contribution in [1.29, 1.82) is 0 Å². The van der Waals surface area contributed by atoms with Crippen molar-refractivity contribution in [3.05, 3.63) is 54.6 Å². The maximum absolute atomic E-state index is 8.59. The largest absolute Gasteiger partial charge is 0.396 e. The molecule has 0 saturated carbocycles. The molecule has 0 aliphatic carbocycles. The van der Waals surface area contributed by atoms with E-state index in [4.69, 9.17) is 5.11 Å². The Hall–Kier alpha value is -1.34. The van der Waals surface area contributed by atoms with Crippen LogP contribution in [0.2, 0.25) is 0 Å². The van der Waals surface area contributed by atoms with E-state index in [0.717, 1.165) is 24.0 Å². The van der Waals surface area contributed by atoms with Gasteiger partial charge in [-0.05, 0) is 24.0 Å². The number of benzene rings is 1. The Morgan fingerprint density at radius 3 is 2.64 bits per heavy atom. The van der Waals surface area contributed by atoms with Gasteiger partial charge in [-0.25, -0.2) is 0 Å². The SMILES string of the molecule is C=C(/C=C/CCCO)c1ccccc1. The van der Waals surface area contributed by atoms with Crippen molar-refractivity contribution >= 4 is 5.57 Å². The van der Waals surface area contributed by atoms with Crippen LogP contribution in [0.5, 0.6) is 0 Å². The first-order chi connectivity index (χ1) is 6.84. The normalized spacial score (nSPS) is 10.6. The molecule has 0 atom stereocenters. The lowest BCUT2D eigenvalue weighted by atomic mass is 10.1. The fourth-order valence-electron chi connectivity index (χ4n) is 1.18. The molecule has 0 aliphatic rings. The molecule has 0 spiro atoms. The van der Waals surface area contributed by atoms with E-state index in [0.29, 0.717) is 0 Å². The van der Waals surface area contributed by atoms with E-state index in [1.54, 1.807) is 0 Å². The minimum Gasteiger partial charge on any atom is -0.396 e. The number of unbranched alkanes of at least 4 members (excludes halogenated alkanes) is 1. The van der Waals surface area contributed by atoms with Crippen LogP contribution in [0.25, 0.3) is 5.57 Å². The molecule has 0 aliphatic heterocycles. The minimum atomic E-state index is 0.252. The Morgan fingerprint density at radius 1 is 1.29 bits per heavy atom. The van der Waals surface area contributed by atoms with Gasteiger partial charge in [0, 0.05) is 6.61 Å². The summed E-state index contributed by atoms with van der Waals surface area (Å²) < 4.78 is 0. The Balaban J connectivity index is 2.47. The van der Waals surface area contributed by atoms with Crippen LogP contribution < -0.4 is 0 Å². The van der Waals surface area contributed by atoms with Gasteiger partial charge in [-0.15, -0.1) is 0 Å². The second kappa shape index (κ2) is 6.17. The Kier molecular flexibility index (Phi) is 4.73. The van der Waals surface area contributed by atoms with E-state index in [1.165, 1.54) is 0 Å². The molecule has 0 radical (unpaired) electrons. The zero-order valence-corrected chi connectivity index (χ0v) is 8.32. The molecule has 14 heavy (non-hydrogen) atoms. The lowest BCUT2D eigenvalue weighted by Crippen LogP contribution is -1.80. The standard InChI is InChI=1S/C13H16O/c1-12(8-4-3-7-11-14)13-9-5-2-6-10-13/h2,4-6,8-10,14H,1,3,7,11H2/b8-4+. The molecule has 0 bridgehead atoms. The Morgan fingerprint density at radius 2 is 2.00 bits per heavy atom. The molecule has 0 heterocycles. The summed E-state index contributed by atoms with van der Waals surface area (Å²) in [5.74, 6) is 0. The van der Waals surface area contributed by atoms with Gasteiger partial charge in [-0.2, -0.15) is 0 Å². The topological polar surface area (TPSA) is 20.2 Å². The fourth-order valence-corrected chi connectivity index (χ4v) is 1.18. The van der Waals surface area contributed by atoms with Crippen LogP contribution in [0.1, 0.15) is 18.4 Å². The molecular weight excluding hydrogens is 172 g/mol. The van der Waals surface area contributed by atoms with Crippen LogP contribution in [-0.4, -0.2) is 11.7 Å². The van der Waals surface area contributed by atoms with Crippen LogP contribution in [-0.2, 0) is 0 Å². The van der Waals surface area contributed by atoms with Gasteiger partial charge in [0.25, 0.3) is 0 Å². The first kappa shape index (κ1) is 10.7. The lowest BCUT2D eigenvalue weighted by molar-refractivity contribution is 0.289. The van der Waals surface area contributed by atoms with Crippen molar-refractivity contribution in [2.24, 2.45) is 0 Å². The summed E-state index contributed by atoms with van der Waals surface area (Å²) in [5, 5.41) is 8.59. The van der Waals surface area contributed by atoms with E-state index in [9.17, 15) is 0 Å². The third kappa shape index (κ3) is 3.58. The molecule has 1 N–H and O–H groups in total. The van der Waals surface area contributed by atoms with Crippen LogP contribution in [0, 0.1) is 0 Å². The highest BCUT2D eigenvalue weighted by molar-refractivity contribution is 5.71. The van der Waals surface area contributed by atoms with Gasteiger partial charge in [-0.3, -0.25) is 0 Å². The monoisotopic (exact) mass is 188 g/mol. The second-order valence-corrected chi connectivity index (χ2v) is 3.16. The molecule has 1 nitrogen and oxygen atoms in total. The molecular formula is C13H16O. The van der Waals surface area contributed by atoms with Gasteiger partial charge < -0.3 is 5.11 Å². The van der Waals surface area contributed by atoms with E-state index >= 15 is 0 Å². The Labute approximate surface area is 85.4 Å². The van der Waals surface area contributed by atoms with Gasteiger partial charge in [0.2, 0.25) is 0 Å². The predicted molar refractivity (Wildman–Crippen MR) is 60.9 cm³/mol. The van der Waals surface area contributed by atoms with E-state index in [-0.39, 0.29) is 6.61 Å². The molecule has 1 aromatic rings. The third-order valence-electron chi connectivity index (χ3n) is 1.99. The lowest BCUT2D eigenvalue weighted by Gasteiger charge is -1.98. The summed E-state index contributed by atoms with van der Waals surface area (Å²) >= 11 is 0. The van der Waals surface area contributed by atoms with Crippen molar-refractivity contribution in [1.82, 2.24) is 0 Å². The number of hydrogen-bond donors (Lipinski definition) is 1. The van der Waals surface area contributed by atoms with E-state index in [1.807, 2.05) is 42.5 Å². The van der Waals surface area contributed by atoms with Crippen LogP contribution in [0.4, 0.5) is 0 Å². The highest BCUT2D eigenvalue weighted by Gasteiger charge is 1.91. The molecule has 1 heteroatoms. The summed E-state index contributed by atoms with van der Waals surface area (Å²) in [7, 11) is 0. The molecule has 74 valence electrons. The van der Waals surface area contributed by atoms with Crippen molar-refractivity contribution in [2.45, 2.75) is 12.8 Å². The number of rotatable bonds is 5. The van der Waals surface area contributed by atoms with Crippen molar-refractivity contribution in [3.63, 3.8) is 0 Å². The predicted octanol–water partition coefficient (Wildman–Crippen LogP) is 3.03. The number of hydrogen-bond acceptors (Lipinski definition) is 1. The average molecular weight is 188 g/mol. The molecule has 0 saturated heterocycles. The highest BCUT2D eigenvalue weighted by Crippen LogP contribution is 2.12. The molecule has 0 amide bonds. The van der Waals surface area contributed by atoms with Crippen molar-refractivity contribution in [2.75, 3.05) is 6.61 Å². The molecule has 0 fully saturated rings. The first-order valence-electron chi connectivity index (χ1n) is 4.86. The van der Waals surface area contributed by atoms with Gasteiger partial charge >= 0.3 is 0 Å². The molecule has 1 rings (SSSR count). The summed E-state index contributed by atoms with van der Waals surface area (Å²) in [6.45, 7) is 4.23. The summed E-state index contributed by atoms with van der Waals surface area (Å²) in [6, 6.07) is 10.1. The first-order valence-corrected chi connectivity index (χ1v) is 4.86. The third-order valence-corrected chi connectivity index (χ3v) is 1.99. The number of aliphatic hydroxyl groups is 1. The fraction of sp³-hybridized carbons (Fsp3) is 0.231. The van der Waals surface area contributed by atoms with Gasteiger partial charge in [0.1, 0.15) is 0 Å². The van der Waals surface area contributed by atoms with Gasteiger partial charge in [0.15, 0.2) is 0 Å². The van der Waals surface area contributed by atoms with Crippen LogP contribution >= 0.6 is 0 Å². The van der Waals surface area contributed by atoms with Crippen LogP contribution in [0.15, 0.2) is 49.1 Å².